The Balaban J connectivity index is 1.83. The Labute approximate surface area is 169 Å². The van der Waals surface area contributed by atoms with Crippen molar-refractivity contribution in [3.8, 4) is 5.95 Å². The number of nitrogens with one attached hydrogen (secondary N) is 1. The Morgan fingerprint density at radius 1 is 1.14 bits per heavy atom. The predicted molar refractivity (Wildman–Crippen MR) is 110 cm³/mol. The van der Waals surface area contributed by atoms with Gasteiger partial charge in [0.15, 0.2) is 11.6 Å². The molecule has 0 spiro atoms. The van der Waals surface area contributed by atoms with Crippen LogP contribution in [0.5, 0.6) is 0 Å². The zero-order valence-electron chi connectivity index (χ0n) is 16.2. The Morgan fingerprint density at radius 2 is 1.82 bits per heavy atom. The molecule has 2 aromatic heterocycles. The van der Waals surface area contributed by atoms with E-state index in [9.17, 15) is 4.79 Å². The molecule has 144 valence electrons. The molecule has 1 aliphatic carbocycles. The number of hydrogen-bond donors (Lipinski definition) is 1. The van der Waals surface area contributed by atoms with E-state index in [-0.39, 0.29) is 11.7 Å². The molecule has 4 rings (SSSR count). The number of aromatic nitrogens is 4. The van der Waals surface area contributed by atoms with Gasteiger partial charge in [0.25, 0.3) is 5.95 Å². The smallest absolute Gasteiger partial charge is 0.251 e. The number of hydrogen-bond acceptors (Lipinski definition) is 5. The van der Waals surface area contributed by atoms with Crippen molar-refractivity contribution in [2.75, 3.05) is 11.9 Å². The van der Waals surface area contributed by atoms with Crippen LogP contribution >= 0.6 is 11.6 Å². The van der Waals surface area contributed by atoms with Crippen LogP contribution in [0.3, 0.4) is 0 Å². The van der Waals surface area contributed by atoms with Gasteiger partial charge in [0.2, 0.25) is 0 Å². The van der Waals surface area contributed by atoms with E-state index in [1.54, 1.807) is 4.68 Å². The summed E-state index contributed by atoms with van der Waals surface area (Å²) < 4.78 is 1.73. The third-order valence-electron chi connectivity index (χ3n) is 4.98. The average Bonchev–Trinajstić information content (AvgIpc) is 3.01. The van der Waals surface area contributed by atoms with Crippen molar-refractivity contribution >= 4 is 23.2 Å². The van der Waals surface area contributed by atoms with E-state index in [0.717, 1.165) is 22.6 Å². The number of halogens is 1. The standard InChI is InChI=1S/C21H22ClN5O/c1-4-23-20-19-17(27(26-20)21-24-12(2)9-13(3)25-21)10-15(11-18(19)28)14-5-7-16(22)8-6-14/h5-9,15H,4,10-11H2,1-3H3,(H,23,26)/t15-/m1/s1. The molecule has 1 aliphatic rings. The van der Waals surface area contributed by atoms with Crippen molar-refractivity contribution in [2.45, 2.75) is 39.5 Å². The number of aryl methyl sites for hydroxylation is 2. The maximum absolute atomic E-state index is 13.1. The Bertz CT molecular complexity index is 1020. The molecule has 1 aromatic carbocycles. The molecule has 0 saturated heterocycles. The number of anilines is 1. The SMILES string of the molecule is CCNc1nn(-c2nc(C)cc(C)n2)c2c1C(=O)C[C@H](c1ccc(Cl)cc1)C2. The summed E-state index contributed by atoms with van der Waals surface area (Å²) in [4.78, 5) is 22.2. The second-order valence-corrected chi connectivity index (χ2v) is 7.58. The first-order valence-electron chi connectivity index (χ1n) is 9.43. The molecular weight excluding hydrogens is 374 g/mol. The van der Waals surface area contributed by atoms with E-state index in [1.165, 1.54) is 0 Å². The van der Waals surface area contributed by atoms with Gasteiger partial charge in [-0.1, -0.05) is 23.7 Å². The maximum atomic E-state index is 13.1. The highest BCUT2D eigenvalue weighted by atomic mass is 35.5. The summed E-state index contributed by atoms with van der Waals surface area (Å²) in [5.74, 6) is 1.28. The van der Waals surface area contributed by atoms with Crippen molar-refractivity contribution in [1.82, 2.24) is 19.7 Å². The van der Waals surface area contributed by atoms with Crippen LogP contribution in [0.2, 0.25) is 5.02 Å². The first-order valence-corrected chi connectivity index (χ1v) is 9.81. The van der Waals surface area contributed by atoms with Gasteiger partial charge in [-0.3, -0.25) is 4.79 Å². The van der Waals surface area contributed by atoms with Gasteiger partial charge in [-0.15, -0.1) is 5.10 Å². The molecule has 1 atom stereocenters. The van der Waals surface area contributed by atoms with Crippen molar-refractivity contribution in [3.05, 3.63) is 63.6 Å². The van der Waals surface area contributed by atoms with E-state index >= 15 is 0 Å². The third-order valence-corrected chi connectivity index (χ3v) is 5.23. The summed E-state index contributed by atoms with van der Waals surface area (Å²) in [5.41, 5.74) is 4.36. The topological polar surface area (TPSA) is 72.7 Å². The number of fused-ring (bicyclic) bond motifs is 1. The van der Waals surface area contributed by atoms with Crippen LogP contribution in [0.15, 0.2) is 30.3 Å². The Morgan fingerprint density at radius 3 is 2.46 bits per heavy atom. The van der Waals surface area contributed by atoms with Gasteiger partial charge < -0.3 is 5.32 Å². The van der Waals surface area contributed by atoms with Crippen LogP contribution in [0.25, 0.3) is 5.95 Å². The fraction of sp³-hybridized carbons (Fsp3) is 0.333. The van der Waals surface area contributed by atoms with Crippen molar-refractivity contribution < 1.29 is 4.79 Å². The normalized spacial score (nSPS) is 16.1. The van der Waals surface area contributed by atoms with Crippen LogP contribution in [0.1, 0.15) is 52.3 Å². The minimum atomic E-state index is 0.0769. The summed E-state index contributed by atoms with van der Waals surface area (Å²) in [5, 5.41) is 8.58. The molecule has 0 saturated carbocycles. The van der Waals surface area contributed by atoms with E-state index in [2.05, 4.69) is 20.4 Å². The molecule has 7 heteroatoms. The highest BCUT2D eigenvalue weighted by Gasteiger charge is 2.34. The van der Waals surface area contributed by atoms with Crippen molar-refractivity contribution in [2.24, 2.45) is 0 Å². The van der Waals surface area contributed by atoms with Crippen LogP contribution < -0.4 is 5.32 Å². The monoisotopic (exact) mass is 395 g/mol. The molecule has 0 bridgehead atoms. The number of Topliss-reactive ketones (excluding diaryl/α,β-unsaturated/α-hetero) is 1. The molecule has 6 nitrogen and oxygen atoms in total. The molecule has 1 N–H and O–H groups in total. The van der Waals surface area contributed by atoms with E-state index < -0.39 is 0 Å². The van der Waals surface area contributed by atoms with Crippen LogP contribution in [0.4, 0.5) is 5.82 Å². The summed E-state index contributed by atoms with van der Waals surface area (Å²) >= 11 is 6.03. The van der Waals surface area contributed by atoms with Gasteiger partial charge in [0, 0.05) is 29.4 Å². The molecule has 28 heavy (non-hydrogen) atoms. The average molecular weight is 396 g/mol. The molecular formula is C21H22ClN5O. The van der Waals surface area contributed by atoms with Gasteiger partial charge in [-0.05, 0) is 56.9 Å². The lowest BCUT2D eigenvalue weighted by molar-refractivity contribution is 0.0964. The summed E-state index contributed by atoms with van der Waals surface area (Å²) in [6.07, 6.45) is 1.14. The quantitative estimate of drug-likeness (QED) is 0.713. The zero-order chi connectivity index (χ0) is 19.8. The van der Waals surface area contributed by atoms with Crippen LogP contribution in [-0.2, 0) is 6.42 Å². The molecule has 0 unspecified atom stereocenters. The first-order chi connectivity index (χ1) is 13.5. The van der Waals surface area contributed by atoms with Gasteiger partial charge in [0.05, 0.1) is 11.3 Å². The van der Waals surface area contributed by atoms with Gasteiger partial charge >= 0.3 is 0 Å². The minimum Gasteiger partial charge on any atom is -0.368 e. The number of carbonyl (C=O) groups excluding carboxylic acids is 1. The first kappa shape index (κ1) is 18.6. The van der Waals surface area contributed by atoms with Crippen molar-refractivity contribution in [1.29, 1.82) is 0 Å². The fourth-order valence-corrected chi connectivity index (χ4v) is 3.92. The summed E-state index contributed by atoms with van der Waals surface area (Å²) in [7, 11) is 0. The van der Waals surface area contributed by atoms with Gasteiger partial charge in [0.1, 0.15) is 0 Å². The van der Waals surface area contributed by atoms with Gasteiger partial charge in [-0.2, -0.15) is 0 Å². The zero-order valence-corrected chi connectivity index (χ0v) is 16.9. The van der Waals surface area contributed by atoms with E-state index in [4.69, 9.17) is 11.6 Å². The highest BCUT2D eigenvalue weighted by molar-refractivity contribution is 6.30. The minimum absolute atomic E-state index is 0.0769. The Hall–Kier alpha value is -2.73. The molecule has 3 aromatic rings. The number of carbonyl (C=O) groups is 1. The van der Waals surface area contributed by atoms with Crippen molar-refractivity contribution in [3.63, 3.8) is 0 Å². The molecule has 0 aliphatic heterocycles. The largest absolute Gasteiger partial charge is 0.368 e. The second kappa shape index (κ2) is 7.36. The maximum Gasteiger partial charge on any atom is 0.251 e. The third kappa shape index (κ3) is 3.40. The lowest BCUT2D eigenvalue weighted by Gasteiger charge is -2.23. The lowest BCUT2D eigenvalue weighted by Crippen LogP contribution is -2.21. The second-order valence-electron chi connectivity index (χ2n) is 7.14. The summed E-state index contributed by atoms with van der Waals surface area (Å²) in [6.45, 7) is 6.54. The van der Waals surface area contributed by atoms with E-state index in [0.29, 0.717) is 41.7 Å². The molecule has 0 radical (unpaired) electrons. The number of ketones is 1. The number of rotatable bonds is 4. The van der Waals surface area contributed by atoms with Crippen LogP contribution in [0, 0.1) is 13.8 Å². The molecule has 0 amide bonds. The highest BCUT2D eigenvalue weighted by Crippen LogP contribution is 2.37. The fourth-order valence-electron chi connectivity index (χ4n) is 3.80. The summed E-state index contributed by atoms with van der Waals surface area (Å²) in [6, 6.07) is 9.64. The molecule has 2 heterocycles. The number of nitrogens with zero attached hydrogens (tertiary/aromatic N) is 4. The lowest BCUT2D eigenvalue weighted by atomic mass is 9.82. The Kier molecular flexibility index (Phi) is 4.89. The molecule has 0 fully saturated rings. The predicted octanol–water partition coefficient (Wildman–Crippen LogP) is 4.28. The van der Waals surface area contributed by atoms with Gasteiger partial charge in [-0.25, -0.2) is 14.6 Å². The van der Waals surface area contributed by atoms with E-state index in [1.807, 2.05) is 51.1 Å². The number of benzene rings is 1. The van der Waals surface area contributed by atoms with Crippen LogP contribution in [-0.4, -0.2) is 32.1 Å².